The van der Waals surface area contributed by atoms with Crippen molar-refractivity contribution in [3.63, 3.8) is 0 Å². The minimum atomic E-state index is -2.15. The standard InChI is InChI=1S/C31H28O14/c32-20-7-1-17(13-23(20)35)4-10-27(38)43-16-26(44-28(39)11-5-18-2-8-21(33)24(36)14-18)30(31(41)42)45-29(40)12-6-19-3-9-22(34)25(37)15-19/h1-4,6-10,12-15,26,30,32-37H,5,11,16H2,(H,41,42)/b10-4+,12-6+. The van der Waals surface area contributed by atoms with Crippen LogP contribution in [0.15, 0.2) is 66.7 Å². The number of hydrogen-bond acceptors (Lipinski definition) is 13. The Balaban J connectivity index is 1.73. The van der Waals surface area contributed by atoms with Gasteiger partial charge in [-0.1, -0.05) is 18.2 Å². The first-order chi connectivity index (χ1) is 21.3. The summed E-state index contributed by atoms with van der Waals surface area (Å²) >= 11 is 0. The Bertz CT molecular complexity index is 1620. The van der Waals surface area contributed by atoms with Crippen LogP contribution in [0.5, 0.6) is 34.5 Å². The van der Waals surface area contributed by atoms with Crippen LogP contribution in [0.25, 0.3) is 12.2 Å². The van der Waals surface area contributed by atoms with E-state index in [1.54, 1.807) is 0 Å². The van der Waals surface area contributed by atoms with Crippen molar-refractivity contribution in [3.8, 4) is 34.5 Å². The van der Waals surface area contributed by atoms with Gasteiger partial charge < -0.3 is 50.0 Å². The molecule has 3 aromatic rings. The average Bonchev–Trinajstić information content (AvgIpc) is 2.99. The Morgan fingerprint density at radius 2 is 1.16 bits per heavy atom. The molecule has 0 aliphatic heterocycles. The van der Waals surface area contributed by atoms with Crippen LogP contribution < -0.4 is 0 Å². The molecule has 0 fully saturated rings. The summed E-state index contributed by atoms with van der Waals surface area (Å²) in [6, 6.07) is 11.2. The van der Waals surface area contributed by atoms with E-state index in [1.165, 1.54) is 42.5 Å². The largest absolute Gasteiger partial charge is 0.504 e. The zero-order valence-electron chi connectivity index (χ0n) is 23.3. The Hall–Kier alpha value is -6.18. The van der Waals surface area contributed by atoms with E-state index in [-0.39, 0.29) is 29.9 Å². The van der Waals surface area contributed by atoms with Gasteiger partial charge in [0.2, 0.25) is 6.10 Å². The van der Waals surface area contributed by atoms with Crippen LogP contribution in [0.1, 0.15) is 23.1 Å². The van der Waals surface area contributed by atoms with E-state index in [0.29, 0.717) is 11.1 Å². The molecule has 0 heterocycles. The van der Waals surface area contributed by atoms with Crippen molar-refractivity contribution in [1.82, 2.24) is 0 Å². The number of ether oxygens (including phenoxy) is 3. The molecule has 0 aliphatic carbocycles. The molecule has 3 aromatic carbocycles. The van der Waals surface area contributed by atoms with Gasteiger partial charge in [0, 0.05) is 18.6 Å². The first-order valence-electron chi connectivity index (χ1n) is 13.0. The molecule has 0 saturated carbocycles. The van der Waals surface area contributed by atoms with E-state index < -0.39 is 65.7 Å². The Morgan fingerprint density at radius 3 is 1.67 bits per heavy atom. The topological polar surface area (TPSA) is 238 Å². The van der Waals surface area contributed by atoms with E-state index in [2.05, 4.69) is 0 Å². The number of rotatable bonds is 13. The molecular weight excluding hydrogens is 596 g/mol. The lowest BCUT2D eigenvalue weighted by Crippen LogP contribution is -2.44. The second-order valence-corrected chi connectivity index (χ2v) is 9.34. The summed E-state index contributed by atoms with van der Waals surface area (Å²) in [5.41, 5.74) is 0.985. The molecule has 0 radical (unpaired) electrons. The fourth-order valence-corrected chi connectivity index (χ4v) is 3.66. The monoisotopic (exact) mass is 624 g/mol. The maximum atomic E-state index is 12.7. The summed E-state index contributed by atoms with van der Waals surface area (Å²) in [6.07, 6.45) is -0.211. The highest BCUT2D eigenvalue weighted by Gasteiger charge is 2.36. The number of aromatic hydroxyl groups is 6. The number of hydrogen-bond donors (Lipinski definition) is 7. The van der Waals surface area contributed by atoms with Gasteiger partial charge in [-0.25, -0.2) is 14.4 Å². The third-order valence-corrected chi connectivity index (χ3v) is 5.98. The van der Waals surface area contributed by atoms with Crippen molar-refractivity contribution in [1.29, 1.82) is 0 Å². The molecule has 2 atom stereocenters. The van der Waals surface area contributed by atoms with Crippen molar-refractivity contribution < 1.29 is 69.1 Å². The zero-order chi connectivity index (χ0) is 33.1. The van der Waals surface area contributed by atoms with Gasteiger partial charge in [-0.3, -0.25) is 4.79 Å². The van der Waals surface area contributed by atoms with Gasteiger partial charge >= 0.3 is 23.9 Å². The number of carboxylic acids is 1. The lowest BCUT2D eigenvalue weighted by molar-refractivity contribution is -0.182. The number of aryl methyl sites for hydroxylation is 1. The lowest BCUT2D eigenvalue weighted by Gasteiger charge is -2.23. The fourth-order valence-electron chi connectivity index (χ4n) is 3.66. The normalized spacial score (nSPS) is 12.4. The van der Waals surface area contributed by atoms with Crippen molar-refractivity contribution in [2.45, 2.75) is 25.0 Å². The van der Waals surface area contributed by atoms with Crippen LogP contribution >= 0.6 is 0 Å². The average molecular weight is 625 g/mol. The first-order valence-corrected chi connectivity index (χ1v) is 13.0. The second kappa shape index (κ2) is 15.3. The molecule has 14 heteroatoms. The molecule has 45 heavy (non-hydrogen) atoms. The quantitative estimate of drug-likeness (QED) is 0.0627. The summed E-state index contributed by atoms with van der Waals surface area (Å²) in [5, 5.41) is 66.9. The summed E-state index contributed by atoms with van der Waals surface area (Å²) in [5.74, 6) is -7.44. The number of phenolic OH excluding ortho intramolecular Hbond substituents is 6. The Kier molecular flexibility index (Phi) is 11.4. The minimum Gasteiger partial charge on any atom is -0.504 e. The summed E-state index contributed by atoms with van der Waals surface area (Å²) < 4.78 is 15.3. The number of aliphatic carboxylic acids is 1. The van der Waals surface area contributed by atoms with Crippen LogP contribution in [-0.4, -0.2) is 78.4 Å². The van der Waals surface area contributed by atoms with Gasteiger partial charge in [-0.2, -0.15) is 0 Å². The molecule has 0 amide bonds. The van der Waals surface area contributed by atoms with Crippen LogP contribution in [0.2, 0.25) is 0 Å². The van der Waals surface area contributed by atoms with Gasteiger partial charge in [0.05, 0.1) is 0 Å². The molecule has 2 unspecified atom stereocenters. The first kappa shape index (κ1) is 33.3. The van der Waals surface area contributed by atoms with Gasteiger partial charge in [0.25, 0.3) is 0 Å². The highest BCUT2D eigenvalue weighted by atomic mass is 16.6. The number of phenols is 6. The minimum absolute atomic E-state index is 0.00112. The molecule has 0 bridgehead atoms. The number of carbonyl (C=O) groups excluding carboxylic acids is 3. The molecule has 0 aliphatic rings. The van der Waals surface area contributed by atoms with Gasteiger partial charge in [-0.15, -0.1) is 0 Å². The molecule has 0 saturated heterocycles. The summed E-state index contributed by atoms with van der Waals surface area (Å²) in [7, 11) is 0. The van der Waals surface area contributed by atoms with Crippen LogP contribution in [0.3, 0.4) is 0 Å². The SMILES string of the molecule is O=C(/C=C/c1ccc(O)c(O)c1)OCC(OC(=O)CCc1ccc(O)c(O)c1)C(OC(=O)/C=C/c1ccc(O)c(O)c1)C(=O)O. The molecule has 3 rings (SSSR count). The van der Waals surface area contributed by atoms with Crippen molar-refractivity contribution in [3.05, 3.63) is 83.4 Å². The fraction of sp³-hybridized carbons (Fsp3) is 0.161. The zero-order valence-corrected chi connectivity index (χ0v) is 23.3. The predicted molar refractivity (Wildman–Crippen MR) is 154 cm³/mol. The van der Waals surface area contributed by atoms with E-state index in [4.69, 9.17) is 14.2 Å². The third-order valence-electron chi connectivity index (χ3n) is 5.98. The maximum Gasteiger partial charge on any atom is 0.349 e. The van der Waals surface area contributed by atoms with E-state index >= 15 is 0 Å². The van der Waals surface area contributed by atoms with Crippen molar-refractivity contribution >= 4 is 36.0 Å². The maximum absolute atomic E-state index is 12.7. The lowest BCUT2D eigenvalue weighted by atomic mass is 10.1. The van der Waals surface area contributed by atoms with E-state index in [9.17, 15) is 54.9 Å². The third kappa shape index (κ3) is 10.2. The smallest absolute Gasteiger partial charge is 0.349 e. The summed E-state index contributed by atoms with van der Waals surface area (Å²) in [6.45, 7) is -0.866. The van der Waals surface area contributed by atoms with Crippen LogP contribution in [0.4, 0.5) is 0 Å². The Morgan fingerprint density at radius 1 is 0.644 bits per heavy atom. The number of carboxylic acid groups (broad SMARTS) is 1. The molecule has 0 spiro atoms. The highest BCUT2D eigenvalue weighted by molar-refractivity contribution is 5.90. The molecule has 236 valence electrons. The molecular formula is C31H28O14. The van der Waals surface area contributed by atoms with Crippen molar-refractivity contribution in [2.75, 3.05) is 6.61 Å². The van der Waals surface area contributed by atoms with Gasteiger partial charge in [0.1, 0.15) is 6.61 Å². The molecule has 14 nitrogen and oxygen atoms in total. The number of esters is 3. The number of carbonyl (C=O) groups is 4. The second-order valence-electron chi connectivity index (χ2n) is 9.34. The van der Waals surface area contributed by atoms with Crippen LogP contribution in [0, 0.1) is 0 Å². The summed E-state index contributed by atoms with van der Waals surface area (Å²) in [4.78, 5) is 49.5. The highest BCUT2D eigenvalue weighted by Crippen LogP contribution is 2.27. The Labute approximate surface area is 254 Å². The van der Waals surface area contributed by atoms with E-state index in [1.807, 2.05) is 0 Å². The number of benzene rings is 3. The molecule has 0 aromatic heterocycles. The molecule has 7 N–H and O–H groups in total. The van der Waals surface area contributed by atoms with Gasteiger partial charge in [0.15, 0.2) is 40.6 Å². The van der Waals surface area contributed by atoms with E-state index in [0.717, 1.165) is 36.4 Å². The van der Waals surface area contributed by atoms with Gasteiger partial charge in [-0.05, 0) is 71.7 Å². The van der Waals surface area contributed by atoms with Crippen LogP contribution in [-0.2, 0) is 39.8 Å². The van der Waals surface area contributed by atoms with Crippen molar-refractivity contribution in [2.24, 2.45) is 0 Å². The predicted octanol–water partition coefficient (Wildman–Crippen LogP) is 2.73.